The van der Waals surface area contributed by atoms with E-state index in [0.29, 0.717) is 19.3 Å². The van der Waals surface area contributed by atoms with Gasteiger partial charge in [0.1, 0.15) is 0 Å². The van der Waals surface area contributed by atoms with Crippen LogP contribution in [0.3, 0.4) is 0 Å². The van der Waals surface area contributed by atoms with Gasteiger partial charge < -0.3 is 15.9 Å². The molecule has 3 atom stereocenters. The van der Waals surface area contributed by atoms with Crippen molar-refractivity contribution < 1.29 is 15.0 Å². The van der Waals surface area contributed by atoms with Gasteiger partial charge in [-0.05, 0) is 32.1 Å². The maximum Gasteiger partial charge on any atom is 0.308 e. The molecule has 1 saturated carbocycles. The zero-order chi connectivity index (χ0) is 9.84. The average Bonchev–Trinajstić information content (AvgIpc) is 2.01. The molecule has 0 amide bonds. The molecule has 0 radical (unpaired) electrons. The van der Waals surface area contributed by atoms with Crippen molar-refractivity contribution in [1.29, 1.82) is 0 Å². The van der Waals surface area contributed by atoms with E-state index in [4.69, 9.17) is 10.8 Å². The van der Waals surface area contributed by atoms with Crippen LogP contribution in [0, 0.1) is 5.92 Å². The van der Waals surface area contributed by atoms with Gasteiger partial charge in [-0.25, -0.2) is 0 Å². The van der Waals surface area contributed by atoms with Crippen LogP contribution in [0.5, 0.6) is 0 Å². The molecule has 4 heteroatoms. The Balaban J connectivity index is 2.53. The van der Waals surface area contributed by atoms with Crippen LogP contribution in [0.15, 0.2) is 0 Å². The second-order valence-electron chi connectivity index (χ2n) is 3.77. The summed E-state index contributed by atoms with van der Waals surface area (Å²) in [5.41, 5.74) is 5.73. The zero-order valence-electron chi connectivity index (χ0n) is 7.65. The summed E-state index contributed by atoms with van der Waals surface area (Å²) in [6.45, 7) is 0. The number of aliphatic hydroxyl groups is 1. The highest BCUT2D eigenvalue weighted by Crippen LogP contribution is 2.22. The van der Waals surface area contributed by atoms with E-state index in [2.05, 4.69) is 0 Å². The van der Waals surface area contributed by atoms with Crippen molar-refractivity contribution in [2.24, 2.45) is 11.7 Å². The molecule has 1 aliphatic carbocycles. The highest BCUT2D eigenvalue weighted by molar-refractivity contribution is 5.70. The standard InChI is InChI=1S/C9H17NO3/c10-8-3-1-2-6(11)4-5-7(8)9(12)13/h6-8,11H,1-5,10H2,(H,12,13)/t6-,7-,8+/m1/s1. The molecule has 4 nitrogen and oxygen atoms in total. The third-order valence-electron chi connectivity index (χ3n) is 2.72. The number of carboxylic acids is 1. The first-order valence-electron chi connectivity index (χ1n) is 4.77. The highest BCUT2D eigenvalue weighted by Gasteiger charge is 2.27. The summed E-state index contributed by atoms with van der Waals surface area (Å²) >= 11 is 0. The van der Waals surface area contributed by atoms with Gasteiger partial charge in [0.15, 0.2) is 0 Å². The van der Waals surface area contributed by atoms with Gasteiger partial charge in [0.2, 0.25) is 0 Å². The van der Waals surface area contributed by atoms with Crippen LogP contribution in [0.2, 0.25) is 0 Å². The molecule has 0 bridgehead atoms. The third-order valence-corrected chi connectivity index (χ3v) is 2.72. The van der Waals surface area contributed by atoms with Crippen LogP contribution in [-0.2, 0) is 4.79 Å². The normalized spacial score (nSPS) is 36.3. The second-order valence-corrected chi connectivity index (χ2v) is 3.77. The molecule has 1 fully saturated rings. The molecule has 0 aromatic carbocycles. The Kier molecular flexibility index (Phi) is 3.69. The van der Waals surface area contributed by atoms with Crippen molar-refractivity contribution in [3.63, 3.8) is 0 Å². The number of carboxylic acid groups (broad SMARTS) is 1. The average molecular weight is 187 g/mol. The molecule has 0 aliphatic heterocycles. The molecule has 0 unspecified atom stereocenters. The van der Waals surface area contributed by atoms with Crippen LogP contribution in [-0.4, -0.2) is 28.3 Å². The van der Waals surface area contributed by atoms with E-state index in [1.165, 1.54) is 0 Å². The van der Waals surface area contributed by atoms with Gasteiger partial charge in [0.25, 0.3) is 0 Å². The second kappa shape index (κ2) is 4.58. The Morgan fingerprint density at radius 1 is 1.23 bits per heavy atom. The summed E-state index contributed by atoms with van der Waals surface area (Å²) in [6, 6.07) is -0.245. The summed E-state index contributed by atoms with van der Waals surface area (Å²) in [5, 5.41) is 18.2. The smallest absolute Gasteiger partial charge is 0.308 e. The number of rotatable bonds is 1. The van der Waals surface area contributed by atoms with E-state index >= 15 is 0 Å². The Morgan fingerprint density at radius 2 is 1.92 bits per heavy atom. The first-order chi connectivity index (χ1) is 6.11. The van der Waals surface area contributed by atoms with Gasteiger partial charge in [0, 0.05) is 6.04 Å². The molecule has 1 aliphatic rings. The predicted molar refractivity (Wildman–Crippen MR) is 48.2 cm³/mol. The number of aliphatic carboxylic acids is 1. The van der Waals surface area contributed by atoms with Gasteiger partial charge in [0.05, 0.1) is 12.0 Å². The lowest BCUT2D eigenvalue weighted by atomic mass is 9.86. The molecule has 0 aromatic rings. The fourth-order valence-electron chi connectivity index (χ4n) is 1.83. The molecule has 13 heavy (non-hydrogen) atoms. The highest BCUT2D eigenvalue weighted by atomic mass is 16.4. The van der Waals surface area contributed by atoms with Crippen LogP contribution >= 0.6 is 0 Å². The summed E-state index contributed by atoms with van der Waals surface area (Å²) < 4.78 is 0. The van der Waals surface area contributed by atoms with Crippen LogP contribution in [0.1, 0.15) is 32.1 Å². The predicted octanol–water partition coefficient (Wildman–Crippen LogP) is 0.339. The number of aliphatic hydroxyl groups excluding tert-OH is 1. The summed E-state index contributed by atoms with van der Waals surface area (Å²) in [6.07, 6.45) is 3.00. The lowest BCUT2D eigenvalue weighted by Crippen LogP contribution is -2.37. The Labute approximate surface area is 77.7 Å². The van der Waals surface area contributed by atoms with Crippen LogP contribution in [0.25, 0.3) is 0 Å². The summed E-state index contributed by atoms with van der Waals surface area (Å²) in [5.74, 6) is -1.31. The monoisotopic (exact) mass is 187 g/mol. The van der Waals surface area contributed by atoms with Gasteiger partial charge in [-0.3, -0.25) is 4.79 Å². The van der Waals surface area contributed by atoms with E-state index < -0.39 is 11.9 Å². The van der Waals surface area contributed by atoms with Gasteiger partial charge in [-0.15, -0.1) is 0 Å². The van der Waals surface area contributed by atoms with Crippen molar-refractivity contribution in [1.82, 2.24) is 0 Å². The van der Waals surface area contributed by atoms with Gasteiger partial charge in [-0.2, -0.15) is 0 Å². The summed E-state index contributed by atoms with van der Waals surface area (Å²) in [4.78, 5) is 10.8. The van der Waals surface area contributed by atoms with E-state index in [9.17, 15) is 9.90 Å². The lowest BCUT2D eigenvalue weighted by Gasteiger charge is -2.24. The van der Waals surface area contributed by atoms with E-state index in [0.717, 1.165) is 12.8 Å². The molecule has 0 saturated heterocycles. The Morgan fingerprint density at radius 3 is 2.54 bits per heavy atom. The van der Waals surface area contributed by atoms with E-state index in [1.807, 2.05) is 0 Å². The van der Waals surface area contributed by atoms with Crippen molar-refractivity contribution in [3.05, 3.63) is 0 Å². The minimum absolute atomic E-state index is 0.245. The lowest BCUT2D eigenvalue weighted by molar-refractivity contribution is -0.143. The minimum Gasteiger partial charge on any atom is -0.481 e. The molecular formula is C9H17NO3. The van der Waals surface area contributed by atoms with Crippen molar-refractivity contribution >= 4 is 5.97 Å². The third kappa shape index (κ3) is 2.97. The van der Waals surface area contributed by atoms with Crippen molar-refractivity contribution in [2.45, 2.75) is 44.2 Å². The largest absolute Gasteiger partial charge is 0.481 e. The number of hydrogen-bond donors (Lipinski definition) is 3. The van der Waals surface area contributed by atoms with Crippen LogP contribution < -0.4 is 5.73 Å². The Bertz CT molecular complexity index is 184. The maximum atomic E-state index is 10.8. The molecule has 0 heterocycles. The van der Waals surface area contributed by atoms with Crippen molar-refractivity contribution in [2.75, 3.05) is 0 Å². The molecule has 0 aromatic heterocycles. The summed E-state index contributed by atoms with van der Waals surface area (Å²) in [7, 11) is 0. The topological polar surface area (TPSA) is 83.5 Å². The Hall–Kier alpha value is -0.610. The maximum absolute atomic E-state index is 10.8. The molecular weight excluding hydrogens is 170 g/mol. The fraction of sp³-hybridized carbons (Fsp3) is 0.889. The quantitative estimate of drug-likeness (QED) is 0.552. The first-order valence-corrected chi connectivity index (χ1v) is 4.77. The zero-order valence-corrected chi connectivity index (χ0v) is 7.65. The molecule has 1 rings (SSSR count). The SMILES string of the molecule is N[C@H]1CCC[C@@H](O)CC[C@H]1C(=O)O. The van der Waals surface area contributed by atoms with Gasteiger partial charge >= 0.3 is 5.97 Å². The number of hydrogen-bond acceptors (Lipinski definition) is 3. The first kappa shape index (κ1) is 10.5. The molecule has 76 valence electrons. The number of nitrogens with two attached hydrogens (primary N) is 1. The molecule has 4 N–H and O–H groups in total. The fourth-order valence-corrected chi connectivity index (χ4v) is 1.83. The van der Waals surface area contributed by atoms with E-state index in [1.54, 1.807) is 0 Å². The molecule has 0 spiro atoms. The van der Waals surface area contributed by atoms with Crippen molar-refractivity contribution in [3.8, 4) is 0 Å². The number of carbonyl (C=O) groups is 1. The van der Waals surface area contributed by atoms with Gasteiger partial charge in [-0.1, -0.05) is 0 Å². The van der Waals surface area contributed by atoms with Crippen LogP contribution in [0.4, 0.5) is 0 Å². The minimum atomic E-state index is -0.832. The van der Waals surface area contributed by atoms with E-state index in [-0.39, 0.29) is 12.1 Å².